The molecule has 0 spiro atoms. The molecular weight excluding hydrogens is 292 g/mol. The quantitative estimate of drug-likeness (QED) is 0.398. The number of hydrogen-bond acceptors (Lipinski definition) is 6. The molecule has 116 valence electrons. The third kappa shape index (κ3) is 7.06. The van der Waals surface area contributed by atoms with Gasteiger partial charge in [0.2, 0.25) is 0 Å². The fourth-order valence-electron chi connectivity index (χ4n) is 1.55. The van der Waals surface area contributed by atoms with Crippen LogP contribution in [-0.2, 0) is 30.2 Å². The molecule has 0 bridgehead atoms. The molecule has 1 aromatic rings. The smallest absolute Gasteiger partial charge is 0.334 e. The first kappa shape index (κ1) is 17.4. The number of carbonyl (C=O) groups is 2. The van der Waals surface area contributed by atoms with Crippen LogP contribution in [0.15, 0.2) is 29.2 Å². The van der Waals surface area contributed by atoms with E-state index in [-0.39, 0.29) is 19.6 Å². The third-order valence-corrected chi connectivity index (χ3v) is 3.45. The first-order valence-electron chi connectivity index (χ1n) is 6.70. The zero-order valence-electron chi connectivity index (χ0n) is 12.3. The molecule has 0 saturated heterocycles. The van der Waals surface area contributed by atoms with Crippen LogP contribution in [0.2, 0.25) is 0 Å². The van der Waals surface area contributed by atoms with Gasteiger partial charge in [-0.05, 0) is 18.4 Å². The van der Waals surface area contributed by atoms with Crippen LogP contribution in [0.1, 0.15) is 18.2 Å². The summed E-state index contributed by atoms with van der Waals surface area (Å²) in [5, 5.41) is 1.96. The minimum absolute atomic E-state index is 0.0894. The number of esters is 2. The van der Waals surface area contributed by atoms with Crippen LogP contribution < -0.4 is 0 Å². The van der Waals surface area contributed by atoms with E-state index in [2.05, 4.69) is 0 Å². The van der Waals surface area contributed by atoms with Gasteiger partial charge < -0.3 is 14.2 Å². The highest BCUT2D eigenvalue weighted by atomic mass is 32.1. The van der Waals surface area contributed by atoms with Crippen molar-refractivity contribution < 1.29 is 23.8 Å². The topological polar surface area (TPSA) is 61.8 Å². The van der Waals surface area contributed by atoms with Crippen molar-refractivity contribution in [2.24, 2.45) is 0 Å². The van der Waals surface area contributed by atoms with Crippen molar-refractivity contribution in [1.29, 1.82) is 0 Å². The van der Waals surface area contributed by atoms with Crippen molar-refractivity contribution in [2.75, 3.05) is 26.9 Å². The van der Waals surface area contributed by atoms with Gasteiger partial charge in [-0.15, -0.1) is 11.3 Å². The van der Waals surface area contributed by atoms with Gasteiger partial charge in [-0.2, -0.15) is 0 Å². The van der Waals surface area contributed by atoms with Crippen LogP contribution in [0.5, 0.6) is 0 Å². The molecule has 0 atom stereocenters. The summed E-state index contributed by atoms with van der Waals surface area (Å²) in [5.74, 6) is -0.935. The maximum Gasteiger partial charge on any atom is 0.334 e. The van der Waals surface area contributed by atoms with Crippen LogP contribution >= 0.6 is 11.3 Å². The largest absolute Gasteiger partial charge is 0.463 e. The summed E-state index contributed by atoms with van der Waals surface area (Å²) in [6.45, 7) is 2.51. The van der Waals surface area contributed by atoms with E-state index in [1.807, 2.05) is 17.5 Å². The molecule has 6 heteroatoms. The number of carbonyl (C=O) groups excluding carboxylic acids is 2. The molecule has 1 aromatic heterocycles. The minimum atomic E-state index is -0.474. The lowest BCUT2D eigenvalue weighted by Gasteiger charge is -2.07. The Bertz CT molecular complexity index is 464. The van der Waals surface area contributed by atoms with Gasteiger partial charge in [-0.3, -0.25) is 4.79 Å². The molecule has 0 radical (unpaired) electrons. The van der Waals surface area contributed by atoms with E-state index in [1.165, 1.54) is 7.11 Å². The summed E-state index contributed by atoms with van der Waals surface area (Å²) in [6.07, 6.45) is 2.23. The predicted molar refractivity (Wildman–Crippen MR) is 80.2 cm³/mol. The maximum absolute atomic E-state index is 11.8. The van der Waals surface area contributed by atoms with Gasteiger partial charge in [0.1, 0.15) is 6.61 Å². The zero-order valence-corrected chi connectivity index (χ0v) is 13.1. The Kier molecular flexibility index (Phi) is 8.38. The molecule has 0 aliphatic rings. The van der Waals surface area contributed by atoms with Crippen molar-refractivity contribution in [1.82, 2.24) is 0 Å². The zero-order chi connectivity index (χ0) is 15.5. The Morgan fingerprint density at radius 3 is 2.71 bits per heavy atom. The predicted octanol–water partition coefficient (Wildman–Crippen LogP) is 2.36. The van der Waals surface area contributed by atoms with Crippen LogP contribution in [0.4, 0.5) is 0 Å². The Morgan fingerprint density at radius 1 is 1.29 bits per heavy atom. The molecule has 0 fully saturated rings. The Morgan fingerprint density at radius 2 is 2.10 bits per heavy atom. The lowest BCUT2D eigenvalue weighted by Crippen LogP contribution is -2.15. The summed E-state index contributed by atoms with van der Waals surface area (Å²) in [4.78, 5) is 24.6. The van der Waals surface area contributed by atoms with Crippen LogP contribution in [0.3, 0.4) is 0 Å². The average Bonchev–Trinajstić information content (AvgIpc) is 2.97. The van der Waals surface area contributed by atoms with Crippen molar-refractivity contribution in [2.45, 2.75) is 19.8 Å². The van der Waals surface area contributed by atoms with E-state index in [0.717, 1.165) is 4.88 Å². The molecule has 0 aromatic carbocycles. The van der Waals surface area contributed by atoms with Gasteiger partial charge in [0.15, 0.2) is 0 Å². The third-order valence-electron chi connectivity index (χ3n) is 2.55. The average molecular weight is 312 g/mol. The second-order valence-corrected chi connectivity index (χ2v) is 5.16. The summed E-state index contributed by atoms with van der Waals surface area (Å²) < 4.78 is 14.7. The van der Waals surface area contributed by atoms with Crippen LogP contribution in [0.25, 0.3) is 0 Å². The standard InChI is InChI=1S/C15H20O5S/c1-3-19-15(17)12(6-7-13-5-4-10-21-13)11-14(16)20-9-8-18-2/h4-6,10H,3,7-9,11H2,1-2H3/b12-6-. The molecule has 1 heterocycles. The highest BCUT2D eigenvalue weighted by Crippen LogP contribution is 2.13. The summed E-state index contributed by atoms with van der Waals surface area (Å²) in [6, 6.07) is 3.91. The molecule has 0 aliphatic heterocycles. The molecule has 0 saturated carbocycles. The second-order valence-electron chi connectivity index (χ2n) is 4.12. The van der Waals surface area contributed by atoms with E-state index >= 15 is 0 Å². The molecule has 0 N–H and O–H groups in total. The van der Waals surface area contributed by atoms with Crippen molar-refractivity contribution in [3.05, 3.63) is 34.0 Å². The van der Waals surface area contributed by atoms with Gasteiger partial charge in [0.25, 0.3) is 0 Å². The van der Waals surface area contributed by atoms with E-state index in [4.69, 9.17) is 14.2 Å². The van der Waals surface area contributed by atoms with Gasteiger partial charge in [0.05, 0.1) is 19.6 Å². The van der Waals surface area contributed by atoms with E-state index in [9.17, 15) is 9.59 Å². The fourth-order valence-corrected chi connectivity index (χ4v) is 2.22. The fraction of sp³-hybridized carbons (Fsp3) is 0.467. The second kappa shape index (κ2) is 10.1. The molecule has 0 unspecified atom stereocenters. The highest BCUT2D eigenvalue weighted by Gasteiger charge is 2.16. The molecule has 5 nitrogen and oxygen atoms in total. The van der Waals surface area contributed by atoms with E-state index in [0.29, 0.717) is 18.6 Å². The first-order chi connectivity index (χ1) is 10.2. The number of thiophene rings is 1. The lowest BCUT2D eigenvalue weighted by molar-refractivity contribution is -0.147. The molecule has 0 aliphatic carbocycles. The molecule has 21 heavy (non-hydrogen) atoms. The molecule has 1 rings (SSSR count). The Hall–Kier alpha value is -1.66. The van der Waals surface area contributed by atoms with Crippen LogP contribution in [0, 0.1) is 0 Å². The number of rotatable bonds is 9. The monoisotopic (exact) mass is 312 g/mol. The van der Waals surface area contributed by atoms with Crippen molar-refractivity contribution in [3.8, 4) is 0 Å². The van der Waals surface area contributed by atoms with Gasteiger partial charge in [-0.1, -0.05) is 12.1 Å². The molecular formula is C15H20O5S. The first-order valence-corrected chi connectivity index (χ1v) is 7.58. The van der Waals surface area contributed by atoms with Gasteiger partial charge in [0, 0.05) is 24.0 Å². The maximum atomic E-state index is 11.8. The Labute approximate surface area is 128 Å². The van der Waals surface area contributed by atoms with Crippen molar-refractivity contribution >= 4 is 23.3 Å². The lowest BCUT2D eigenvalue weighted by atomic mass is 10.1. The number of allylic oxidation sites excluding steroid dienone is 1. The summed E-state index contributed by atoms with van der Waals surface area (Å²) in [5.41, 5.74) is 0.327. The van der Waals surface area contributed by atoms with E-state index in [1.54, 1.807) is 24.3 Å². The van der Waals surface area contributed by atoms with Gasteiger partial charge >= 0.3 is 11.9 Å². The number of hydrogen-bond donors (Lipinski definition) is 0. The summed E-state index contributed by atoms with van der Waals surface area (Å²) in [7, 11) is 1.53. The normalized spacial score (nSPS) is 11.2. The highest BCUT2D eigenvalue weighted by molar-refractivity contribution is 7.09. The van der Waals surface area contributed by atoms with Crippen LogP contribution in [-0.4, -0.2) is 38.9 Å². The molecule has 0 amide bonds. The van der Waals surface area contributed by atoms with E-state index < -0.39 is 11.9 Å². The summed E-state index contributed by atoms with van der Waals surface area (Å²) >= 11 is 1.60. The van der Waals surface area contributed by atoms with Crippen molar-refractivity contribution in [3.63, 3.8) is 0 Å². The minimum Gasteiger partial charge on any atom is -0.463 e. The Balaban J connectivity index is 2.61. The number of methoxy groups -OCH3 is 1. The SMILES string of the molecule is CCOC(=O)/C(=C\Cc1cccs1)CC(=O)OCCOC. The van der Waals surface area contributed by atoms with Gasteiger partial charge in [-0.25, -0.2) is 4.79 Å². The number of ether oxygens (including phenoxy) is 3.